The second-order valence-corrected chi connectivity index (χ2v) is 6.32. The predicted molar refractivity (Wildman–Crippen MR) is 102 cm³/mol. The summed E-state index contributed by atoms with van der Waals surface area (Å²) < 4.78 is 21.7. The number of fused-ring (bicyclic) bond motifs is 1. The molecule has 1 amide bonds. The van der Waals surface area contributed by atoms with Crippen LogP contribution < -0.4 is 24.3 Å². The topological polar surface area (TPSA) is 66.0 Å². The number of hydrogen-bond acceptors (Lipinski definition) is 5. The van der Waals surface area contributed by atoms with Crippen LogP contribution in [0, 0.1) is 0 Å². The molecule has 2 aromatic carbocycles. The number of carbonyl (C=O) groups is 1. The Hall–Kier alpha value is -3.15. The molecule has 2 aromatic rings. The van der Waals surface area contributed by atoms with Gasteiger partial charge in [-0.1, -0.05) is 12.1 Å². The van der Waals surface area contributed by atoms with Gasteiger partial charge in [-0.3, -0.25) is 4.79 Å². The standard InChI is InChI=1S/C21H23NO5/c1-14(2)27-18-8-5-16(11-19(18)24-3)12-22-21(23)9-6-15-4-7-17-20(10-15)26-13-25-17/h4-11,14H,12-13H2,1-3H3,(H,22,23)/b9-6+. The first-order valence-corrected chi connectivity index (χ1v) is 8.74. The van der Waals surface area contributed by atoms with Gasteiger partial charge in [0, 0.05) is 12.6 Å². The van der Waals surface area contributed by atoms with Crippen LogP contribution in [-0.2, 0) is 11.3 Å². The van der Waals surface area contributed by atoms with Gasteiger partial charge in [0.2, 0.25) is 12.7 Å². The molecule has 0 unspecified atom stereocenters. The Kier molecular flexibility index (Phi) is 5.86. The Bertz CT molecular complexity index is 844. The number of rotatable bonds is 7. The van der Waals surface area contributed by atoms with Crippen LogP contribution in [-0.4, -0.2) is 25.9 Å². The number of nitrogens with one attached hydrogen (secondary N) is 1. The van der Waals surface area contributed by atoms with Gasteiger partial charge in [-0.05, 0) is 55.3 Å². The highest BCUT2D eigenvalue weighted by Crippen LogP contribution is 2.32. The molecule has 6 nitrogen and oxygen atoms in total. The maximum atomic E-state index is 12.1. The van der Waals surface area contributed by atoms with Gasteiger partial charge in [0.05, 0.1) is 13.2 Å². The van der Waals surface area contributed by atoms with Crippen LogP contribution in [0.2, 0.25) is 0 Å². The molecule has 1 N–H and O–H groups in total. The molecule has 142 valence electrons. The number of methoxy groups -OCH3 is 1. The molecule has 0 fully saturated rings. The van der Waals surface area contributed by atoms with Gasteiger partial charge in [0.1, 0.15) is 0 Å². The summed E-state index contributed by atoms with van der Waals surface area (Å²) in [5.41, 5.74) is 1.79. The summed E-state index contributed by atoms with van der Waals surface area (Å²) in [6.07, 6.45) is 3.29. The summed E-state index contributed by atoms with van der Waals surface area (Å²) in [5, 5.41) is 2.86. The number of ether oxygens (including phenoxy) is 4. The Labute approximate surface area is 158 Å². The third-order valence-electron chi connectivity index (χ3n) is 3.88. The van der Waals surface area contributed by atoms with Crippen LogP contribution >= 0.6 is 0 Å². The Morgan fingerprint density at radius 1 is 1.15 bits per heavy atom. The van der Waals surface area contributed by atoms with Gasteiger partial charge in [-0.15, -0.1) is 0 Å². The molecule has 0 aromatic heterocycles. The van der Waals surface area contributed by atoms with E-state index in [9.17, 15) is 4.79 Å². The second-order valence-electron chi connectivity index (χ2n) is 6.32. The summed E-state index contributed by atoms with van der Waals surface area (Å²) in [6, 6.07) is 11.2. The van der Waals surface area contributed by atoms with Crippen molar-refractivity contribution in [3.05, 3.63) is 53.6 Å². The summed E-state index contributed by atoms with van der Waals surface area (Å²) >= 11 is 0. The number of benzene rings is 2. The molecule has 0 atom stereocenters. The van der Waals surface area contributed by atoms with Crippen LogP contribution in [0.5, 0.6) is 23.0 Å². The fourth-order valence-electron chi connectivity index (χ4n) is 2.61. The summed E-state index contributed by atoms with van der Waals surface area (Å²) in [4.78, 5) is 12.1. The maximum Gasteiger partial charge on any atom is 0.244 e. The van der Waals surface area contributed by atoms with Crippen molar-refractivity contribution >= 4 is 12.0 Å². The molecular weight excluding hydrogens is 346 g/mol. The average molecular weight is 369 g/mol. The van der Waals surface area contributed by atoms with Crippen molar-refractivity contribution in [1.82, 2.24) is 5.32 Å². The SMILES string of the molecule is COc1cc(CNC(=O)/C=C/c2ccc3c(c2)OCO3)ccc1OC(C)C. The van der Waals surface area contributed by atoms with Gasteiger partial charge in [0.25, 0.3) is 0 Å². The van der Waals surface area contributed by atoms with Crippen molar-refractivity contribution in [2.45, 2.75) is 26.5 Å². The minimum absolute atomic E-state index is 0.0609. The van der Waals surface area contributed by atoms with E-state index in [-0.39, 0.29) is 18.8 Å². The van der Waals surface area contributed by atoms with Crippen molar-refractivity contribution in [3.63, 3.8) is 0 Å². The minimum atomic E-state index is -0.186. The third-order valence-corrected chi connectivity index (χ3v) is 3.88. The number of hydrogen-bond donors (Lipinski definition) is 1. The molecule has 0 spiro atoms. The average Bonchev–Trinajstić information content (AvgIpc) is 3.13. The highest BCUT2D eigenvalue weighted by atomic mass is 16.7. The largest absolute Gasteiger partial charge is 0.493 e. The van der Waals surface area contributed by atoms with Gasteiger partial charge in [-0.25, -0.2) is 0 Å². The lowest BCUT2D eigenvalue weighted by Crippen LogP contribution is -2.20. The first-order valence-electron chi connectivity index (χ1n) is 8.74. The molecule has 27 heavy (non-hydrogen) atoms. The molecule has 0 saturated carbocycles. The highest BCUT2D eigenvalue weighted by Gasteiger charge is 2.12. The van der Waals surface area contributed by atoms with E-state index < -0.39 is 0 Å². The number of carbonyl (C=O) groups excluding carboxylic acids is 1. The zero-order chi connectivity index (χ0) is 19.2. The van der Waals surface area contributed by atoms with Crippen molar-refractivity contribution < 1.29 is 23.7 Å². The smallest absolute Gasteiger partial charge is 0.244 e. The Morgan fingerprint density at radius 2 is 1.96 bits per heavy atom. The van der Waals surface area contributed by atoms with Crippen LogP contribution in [0.15, 0.2) is 42.5 Å². The van der Waals surface area contributed by atoms with E-state index in [0.717, 1.165) is 16.9 Å². The number of amides is 1. The first-order chi connectivity index (χ1) is 13.0. The Morgan fingerprint density at radius 3 is 2.74 bits per heavy atom. The third kappa shape index (κ3) is 4.94. The van der Waals surface area contributed by atoms with Crippen LogP contribution in [0.3, 0.4) is 0 Å². The second kappa shape index (κ2) is 8.49. The highest BCUT2D eigenvalue weighted by molar-refractivity contribution is 5.91. The van der Waals surface area contributed by atoms with E-state index in [4.69, 9.17) is 18.9 Å². The van der Waals surface area contributed by atoms with E-state index >= 15 is 0 Å². The predicted octanol–water partition coefficient (Wildman–Crippen LogP) is 3.54. The molecular formula is C21H23NO5. The lowest BCUT2D eigenvalue weighted by atomic mass is 10.2. The molecule has 0 bridgehead atoms. The monoisotopic (exact) mass is 369 g/mol. The Balaban J connectivity index is 1.57. The minimum Gasteiger partial charge on any atom is -0.493 e. The van der Waals surface area contributed by atoms with E-state index in [2.05, 4.69) is 5.32 Å². The van der Waals surface area contributed by atoms with E-state index in [1.807, 2.05) is 50.2 Å². The van der Waals surface area contributed by atoms with E-state index in [0.29, 0.717) is 23.8 Å². The molecule has 0 aliphatic carbocycles. The van der Waals surface area contributed by atoms with Crippen LogP contribution in [0.25, 0.3) is 6.08 Å². The lowest BCUT2D eigenvalue weighted by Gasteiger charge is -2.14. The van der Waals surface area contributed by atoms with E-state index in [1.165, 1.54) is 6.08 Å². The molecule has 6 heteroatoms. The quantitative estimate of drug-likeness (QED) is 0.756. The van der Waals surface area contributed by atoms with E-state index in [1.54, 1.807) is 13.2 Å². The van der Waals surface area contributed by atoms with Crippen molar-refractivity contribution in [3.8, 4) is 23.0 Å². The fraction of sp³-hybridized carbons (Fsp3) is 0.286. The molecule has 0 saturated heterocycles. The normalized spacial score (nSPS) is 12.4. The fourth-order valence-corrected chi connectivity index (χ4v) is 2.61. The van der Waals surface area contributed by atoms with Crippen LogP contribution in [0.4, 0.5) is 0 Å². The zero-order valence-corrected chi connectivity index (χ0v) is 15.7. The van der Waals surface area contributed by atoms with Crippen molar-refractivity contribution in [2.75, 3.05) is 13.9 Å². The lowest BCUT2D eigenvalue weighted by molar-refractivity contribution is -0.116. The van der Waals surface area contributed by atoms with Gasteiger partial charge in [-0.2, -0.15) is 0 Å². The molecule has 1 aliphatic rings. The first kappa shape index (κ1) is 18.6. The zero-order valence-electron chi connectivity index (χ0n) is 15.7. The van der Waals surface area contributed by atoms with Crippen LogP contribution in [0.1, 0.15) is 25.0 Å². The van der Waals surface area contributed by atoms with Gasteiger partial charge >= 0.3 is 0 Å². The molecule has 1 heterocycles. The molecule has 3 rings (SSSR count). The van der Waals surface area contributed by atoms with Gasteiger partial charge in [0.15, 0.2) is 23.0 Å². The summed E-state index contributed by atoms with van der Waals surface area (Å²) in [6.45, 7) is 4.54. The van der Waals surface area contributed by atoms with Crippen molar-refractivity contribution in [1.29, 1.82) is 0 Å². The molecule has 0 radical (unpaired) electrons. The summed E-state index contributed by atoms with van der Waals surface area (Å²) in [5.74, 6) is 2.55. The van der Waals surface area contributed by atoms with Gasteiger partial charge < -0.3 is 24.3 Å². The maximum absolute atomic E-state index is 12.1. The molecule has 1 aliphatic heterocycles. The van der Waals surface area contributed by atoms with Crippen molar-refractivity contribution in [2.24, 2.45) is 0 Å². The summed E-state index contributed by atoms with van der Waals surface area (Å²) in [7, 11) is 1.60.